The second-order valence-corrected chi connectivity index (χ2v) is 7.06. The minimum Gasteiger partial charge on any atom is -0.475 e. The number of nitrogens with one attached hydrogen (secondary N) is 1. The lowest BCUT2D eigenvalue weighted by molar-refractivity contribution is -0.116. The molecular formula is C23H18FN5O4. The second kappa shape index (κ2) is 8.95. The molecule has 0 saturated carbocycles. The van der Waals surface area contributed by atoms with Crippen molar-refractivity contribution < 1.29 is 23.4 Å². The predicted molar refractivity (Wildman–Crippen MR) is 116 cm³/mol. The molecule has 2 aromatic heterocycles. The fourth-order valence-electron chi connectivity index (χ4n) is 3.23. The average molecular weight is 447 g/mol. The highest BCUT2D eigenvalue weighted by atomic mass is 19.1. The summed E-state index contributed by atoms with van der Waals surface area (Å²) in [6.45, 7) is 0.691. The normalized spacial score (nSPS) is 12.4. The number of nitrogens with zero attached hydrogens (tertiary/aromatic N) is 4. The van der Waals surface area contributed by atoms with Crippen LogP contribution in [0.4, 0.5) is 4.39 Å². The smallest absolute Gasteiger partial charge is 0.244 e. The summed E-state index contributed by atoms with van der Waals surface area (Å²) < 4.78 is 31.3. The van der Waals surface area contributed by atoms with Gasteiger partial charge in [0.2, 0.25) is 18.6 Å². The Morgan fingerprint density at radius 1 is 1.12 bits per heavy atom. The van der Waals surface area contributed by atoms with E-state index in [1.807, 2.05) is 6.07 Å². The van der Waals surface area contributed by atoms with Crippen molar-refractivity contribution in [2.75, 3.05) is 19.9 Å². The maximum absolute atomic E-state index is 13.6. The van der Waals surface area contributed by atoms with E-state index in [0.717, 1.165) is 5.56 Å². The van der Waals surface area contributed by atoms with E-state index in [4.69, 9.17) is 14.2 Å². The highest BCUT2D eigenvalue weighted by Gasteiger charge is 2.13. The third-order valence-corrected chi connectivity index (χ3v) is 4.80. The molecule has 1 amide bonds. The van der Waals surface area contributed by atoms with E-state index >= 15 is 0 Å². The largest absolute Gasteiger partial charge is 0.475 e. The molecule has 166 valence electrons. The van der Waals surface area contributed by atoms with Crippen LogP contribution in [-0.2, 0) is 4.79 Å². The van der Waals surface area contributed by atoms with Gasteiger partial charge in [-0.15, -0.1) is 15.3 Å². The van der Waals surface area contributed by atoms with Crippen LogP contribution >= 0.6 is 0 Å². The first kappa shape index (κ1) is 20.4. The molecule has 0 radical (unpaired) electrons. The highest BCUT2D eigenvalue weighted by molar-refractivity contribution is 5.91. The average Bonchev–Trinajstić information content (AvgIpc) is 3.47. The van der Waals surface area contributed by atoms with Crippen molar-refractivity contribution in [2.45, 2.75) is 0 Å². The Morgan fingerprint density at radius 3 is 2.94 bits per heavy atom. The summed E-state index contributed by atoms with van der Waals surface area (Å²) in [6.07, 6.45) is 3.12. The molecule has 9 nitrogen and oxygen atoms in total. The van der Waals surface area contributed by atoms with Gasteiger partial charge in [-0.3, -0.25) is 4.79 Å². The van der Waals surface area contributed by atoms with E-state index in [2.05, 4.69) is 20.6 Å². The molecular weight excluding hydrogens is 429 g/mol. The Balaban J connectivity index is 1.16. The number of hydrogen-bond acceptors (Lipinski definition) is 7. The first-order valence-corrected chi connectivity index (χ1v) is 10.1. The molecule has 2 aromatic carbocycles. The van der Waals surface area contributed by atoms with Gasteiger partial charge in [0, 0.05) is 17.7 Å². The Bertz CT molecular complexity index is 1350. The van der Waals surface area contributed by atoms with Crippen molar-refractivity contribution in [1.29, 1.82) is 0 Å². The van der Waals surface area contributed by atoms with E-state index in [-0.39, 0.29) is 31.7 Å². The Morgan fingerprint density at radius 2 is 2.03 bits per heavy atom. The number of halogens is 1. The maximum Gasteiger partial charge on any atom is 0.244 e. The second-order valence-electron chi connectivity index (χ2n) is 7.06. The van der Waals surface area contributed by atoms with Gasteiger partial charge in [-0.25, -0.2) is 4.39 Å². The first-order chi connectivity index (χ1) is 16.2. The van der Waals surface area contributed by atoms with Crippen LogP contribution in [0.15, 0.2) is 60.7 Å². The fraction of sp³-hybridized carbons (Fsp3) is 0.130. The Hall–Kier alpha value is -4.47. The van der Waals surface area contributed by atoms with Crippen molar-refractivity contribution in [3.05, 3.63) is 72.1 Å². The number of rotatable bonds is 7. The van der Waals surface area contributed by atoms with Crippen LogP contribution < -0.4 is 19.5 Å². The van der Waals surface area contributed by atoms with Gasteiger partial charge in [-0.1, -0.05) is 18.2 Å². The molecule has 0 aliphatic carbocycles. The number of ether oxygens (including phenoxy) is 3. The Kier molecular flexibility index (Phi) is 5.54. The maximum atomic E-state index is 13.6. The molecule has 4 aromatic rings. The molecule has 0 bridgehead atoms. The van der Waals surface area contributed by atoms with Crippen LogP contribution in [0.25, 0.3) is 23.1 Å². The minimum absolute atomic E-state index is 0.203. The highest BCUT2D eigenvalue weighted by Crippen LogP contribution is 2.32. The lowest BCUT2D eigenvalue weighted by atomic mass is 10.2. The number of carbonyl (C=O) groups excluding carboxylic acids is 1. The van der Waals surface area contributed by atoms with Gasteiger partial charge in [-0.05, 0) is 42.0 Å². The summed E-state index contributed by atoms with van der Waals surface area (Å²) in [4.78, 5) is 12.1. The zero-order chi connectivity index (χ0) is 22.6. The lowest BCUT2D eigenvalue weighted by Crippen LogP contribution is -2.26. The van der Waals surface area contributed by atoms with Crippen LogP contribution in [0.2, 0.25) is 0 Å². The summed E-state index contributed by atoms with van der Waals surface area (Å²) in [7, 11) is 0. The van der Waals surface area contributed by atoms with Gasteiger partial charge in [0.15, 0.2) is 23.0 Å². The molecule has 0 atom stereocenters. The number of aromatic nitrogens is 4. The minimum atomic E-state index is -0.375. The summed E-state index contributed by atoms with van der Waals surface area (Å²) in [5.41, 5.74) is 1.88. The fourth-order valence-corrected chi connectivity index (χ4v) is 3.23. The molecule has 33 heavy (non-hydrogen) atoms. The van der Waals surface area contributed by atoms with Gasteiger partial charge in [0.1, 0.15) is 12.4 Å². The van der Waals surface area contributed by atoms with Gasteiger partial charge in [-0.2, -0.15) is 4.52 Å². The number of benzene rings is 2. The van der Waals surface area contributed by atoms with Crippen molar-refractivity contribution in [2.24, 2.45) is 0 Å². The predicted octanol–water partition coefficient (Wildman–Crippen LogP) is 2.87. The number of fused-ring (bicyclic) bond motifs is 2. The van der Waals surface area contributed by atoms with Crippen molar-refractivity contribution in [1.82, 2.24) is 25.1 Å². The van der Waals surface area contributed by atoms with Gasteiger partial charge in [0.25, 0.3) is 0 Å². The summed E-state index contributed by atoms with van der Waals surface area (Å²) in [5.74, 6) is 1.44. The van der Waals surface area contributed by atoms with Crippen molar-refractivity contribution >= 4 is 17.6 Å². The van der Waals surface area contributed by atoms with Crippen LogP contribution in [0, 0.1) is 5.82 Å². The van der Waals surface area contributed by atoms with Crippen LogP contribution in [0.3, 0.4) is 0 Å². The molecule has 0 saturated heterocycles. The van der Waals surface area contributed by atoms with Gasteiger partial charge >= 0.3 is 0 Å². The third kappa shape index (κ3) is 4.59. The molecule has 5 rings (SSSR count). The van der Waals surface area contributed by atoms with Crippen molar-refractivity contribution in [3.8, 4) is 28.8 Å². The van der Waals surface area contributed by atoms with E-state index in [0.29, 0.717) is 34.4 Å². The topological polar surface area (TPSA) is 99.9 Å². The lowest BCUT2D eigenvalue weighted by Gasteiger charge is -2.06. The SMILES string of the molecule is O=C(/C=C/c1ccc2c(c1)OCO2)NCCOc1ccc2nnc(-c3cccc(F)c3)n2n1. The Labute approximate surface area is 187 Å². The molecule has 0 spiro atoms. The molecule has 10 heteroatoms. The third-order valence-electron chi connectivity index (χ3n) is 4.80. The molecule has 0 fully saturated rings. The number of hydrogen-bond donors (Lipinski definition) is 1. The molecule has 1 aliphatic rings. The summed E-state index contributed by atoms with van der Waals surface area (Å²) in [5, 5.41) is 15.2. The van der Waals surface area contributed by atoms with E-state index in [1.165, 1.54) is 22.7 Å². The van der Waals surface area contributed by atoms with Crippen LogP contribution in [-0.4, -0.2) is 45.7 Å². The number of amides is 1. The summed E-state index contributed by atoms with van der Waals surface area (Å²) >= 11 is 0. The van der Waals surface area contributed by atoms with Crippen molar-refractivity contribution in [3.63, 3.8) is 0 Å². The van der Waals surface area contributed by atoms with E-state index < -0.39 is 0 Å². The number of carbonyl (C=O) groups is 1. The van der Waals surface area contributed by atoms with E-state index in [9.17, 15) is 9.18 Å². The molecule has 1 N–H and O–H groups in total. The van der Waals surface area contributed by atoms with E-state index in [1.54, 1.807) is 42.5 Å². The first-order valence-electron chi connectivity index (χ1n) is 10.1. The zero-order valence-electron chi connectivity index (χ0n) is 17.3. The van der Waals surface area contributed by atoms with Gasteiger partial charge in [0.05, 0.1) is 6.54 Å². The molecule has 1 aliphatic heterocycles. The van der Waals surface area contributed by atoms with Crippen LogP contribution in [0.5, 0.6) is 17.4 Å². The van der Waals surface area contributed by atoms with Crippen LogP contribution in [0.1, 0.15) is 5.56 Å². The quantitative estimate of drug-likeness (QED) is 0.344. The summed E-state index contributed by atoms with van der Waals surface area (Å²) in [6, 6.07) is 14.8. The van der Waals surface area contributed by atoms with Gasteiger partial charge < -0.3 is 19.5 Å². The standard InChI is InChI=1S/C23H18FN5O4/c24-17-3-1-2-16(13-17)23-27-26-20-7-9-22(28-29(20)23)31-11-10-25-21(30)8-5-15-4-6-18-19(12-15)33-14-32-18/h1-9,12-13H,10-11,14H2,(H,25,30)/b8-5+. The molecule has 0 unspecified atom stereocenters. The monoisotopic (exact) mass is 447 g/mol. The molecule has 3 heterocycles. The zero-order valence-corrected chi connectivity index (χ0v) is 17.3.